The van der Waals surface area contributed by atoms with Gasteiger partial charge in [0.2, 0.25) is 0 Å². The summed E-state index contributed by atoms with van der Waals surface area (Å²) in [7, 11) is 0. The molecule has 0 aromatic heterocycles. The van der Waals surface area contributed by atoms with Gasteiger partial charge in [-0.3, -0.25) is 4.79 Å². The van der Waals surface area contributed by atoms with Crippen molar-refractivity contribution >= 4 is 17.5 Å². The molecule has 3 aromatic carbocycles. The number of hydrogen-bond acceptors (Lipinski definition) is 2. The van der Waals surface area contributed by atoms with Crippen LogP contribution in [0.25, 0.3) is 17.2 Å². The lowest BCUT2D eigenvalue weighted by Gasteiger charge is -2.20. The molecule has 0 bridgehead atoms. The molecule has 0 aliphatic heterocycles. The fourth-order valence-electron chi connectivity index (χ4n) is 3.11. The van der Waals surface area contributed by atoms with Crippen LogP contribution in [0.4, 0.5) is 5.69 Å². The first-order valence-electron chi connectivity index (χ1n) is 9.44. The van der Waals surface area contributed by atoms with Gasteiger partial charge in [0.25, 0.3) is 0 Å². The van der Waals surface area contributed by atoms with Gasteiger partial charge in [0.05, 0.1) is 0 Å². The fourth-order valence-corrected chi connectivity index (χ4v) is 3.11. The van der Waals surface area contributed by atoms with Crippen molar-refractivity contribution in [3.8, 4) is 11.1 Å². The summed E-state index contributed by atoms with van der Waals surface area (Å²) in [6.45, 7) is 6.28. The van der Waals surface area contributed by atoms with E-state index in [0.717, 1.165) is 29.8 Å². The summed E-state index contributed by atoms with van der Waals surface area (Å²) in [5.41, 5.74) is 5.20. The number of anilines is 1. The summed E-state index contributed by atoms with van der Waals surface area (Å²) in [5, 5.41) is 0. The van der Waals surface area contributed by atoms with Crippen LogP contribution in [-0.2, 0) is 0 Å². The van der Waals surface area contributed by atoms with Crippen LogP contribution in [0.15, 0.2) is 84.9 Å². The van der Waals surface area contributed by atoms with Crippen LogP contribution >= 0.6 is 0 Å². The largest absolute Gasteiger partial charge is 0.372 e. The number of nitrogens with zero attached hydrogens (tertiary/aromatic N) is 1. The Morgan fingerprint density at radius 2 is 1.37 bits per heavy atom. The molecule has 27 heavy (non-hydrogen) atoms. The average molecular weight is 355 g/mol. The van der Waals surface area contributed by atoms with E-state index in [4.69, 9.17) is 0 Å². The van der Waals surface area contributed by atoms with Crippen LogP contribution in [0.5, 0.6) is 0 Å². The highest BCUT2D eigenvalue weighted by Gasteiger charge is 2.04. The van der Waals surface area contributed by atoms with Crippen LogP contribution in [0.2, 0.25) is 0 Å². The Hall–Kier alpha value is -3.13. The Labute approximate surface area is 161 Å². The highest BCUT2D eigenvalue weighted by atomic mass is 16.1. The zero-order chi connectivity index (χ0) is 19.1. The molecule has 0 aliphatic rings. The molecular weight excluding hydrogens is 330 g/mol. The molecule has 136 valence electrons. The number of carbonyl (C=O) groups is 1. The van der Waals surface area contributed by atoms with E-state index in [-0.39, 0.29) is 5.78 Å². The molecular formula is C25H25NO. The van der Waals surface area contributed by atoms with Gasteiger partial charge in [-0.05, 0) is 48.7 Å². The molecule has 2 heteroatoms. The molecule has 0 heterocycles. The molecule has 0 spiro atoms. The zero-order valence-corrected chi connectivity index (χ0v) is 15.9. The predicted octanol–water partition coefficient (Wildman–Crippen LogP) is 6.10. The molecule has 0 aliphatic carbocycles. The van der Waals surface area contributed by atoms with Gasteiger partial charge in [-0.25, -0.2) is 0 Å². The molecule has 0 radical (unpaired) electrons. The van der Waals surface area contributed by atoms with E-state index < -0.39 is 0 Å². The van der Waals surface area contributed by atoms with Crippen molar-refractivity contribution in [1.82, 2.24) is 0 Å². The van der Waals surface area contributed by atoms with Crippen molar-refractivity contribution in [2.75, 3.05) is 18.0 Å². The first-order chi connectivity index (χ1) is 13.2. The Morgan fingerprint density at radius 1 is 0.778 bits per heavy atom. The van der Waals surface area contributed by atoms with E-state index in [0.29, 0.717) is 5.56 Å². The highest BCUT2D eigenvalue weighted by molar-refractivity contribution is 6.07. The lowest BCUT2D eigenvalue weighted by molar-refractivity contribution is 0.104. The molecule has 0 atom stereocenters. The number of ketones is 1. The van der Waals surface area contributed by atoms with Gasteiger partial charge in [0.1, 0.15) is 0 Å². The zero-order valence-electron chi connectivity index (χ0n) is 15.9. The number of carbonyl (C=O) groups excluding carboxylic acids is 1. The van der Waals surface area contributed by atoms with E-state index >= 15 is 0 Å². The molecule has 0 N–H and O–H groups in total. The van der Waals surface area contributed by atoms with E-state index in [9.17, 15) is 4.79 Å². The SMILES string of the molecule is CCN(CC)c1ccc(/C=C/C(=O)c2ccc(-c3ccccc3)cc2)cc1. The average Bonchev–Trinajstić information content (AvgIpc) is 2.74. The van der Waals surface area contributed by atoms with Crippen molar-refractivity contribution in [1.29, 1.82) is 0 Å². The minimum atomic E-state index is 0.0161. The normalized spacial score (nSPS) is 10.9. The van der Waals surface area contributed by atoms with Gasteiger partial charge in [-0.1, -0.05) is 72.8 Å². The van der Waals surface area contributed by atoms with Crippen molar-refractivity contribution in [3.63, 3.8) is 0 Å². The number of allylic oxidation sites excluding steroid dienone is 1. The third-order valence-corrected chi connectivity index (χ3v) is 4.73. The summed E-state index contributed by atoms with van der Waals surface area (Å²) in [6.07, 6.45) is 3.52. The summed E-state index contributed by atoms with van der Waals surface area (Å²) < 4.78 is 0. The van der Waals surface area contributed by atoms with Crippen molar-refractivity contribution in [2.24, 2.45) is 0 Å². The lowest BCUT2D eigenvalue weighted by atomic mass is 10.0. The van der Waals surface area contributed by atoms with Gasteiger partial charge in [-0.2, -0.15) is 0 Å². The topological polar surface area (TPSA) is 20.3 Å². The number of hydrogen-bond donors (Lipinski definition) is 0. The highest BCUT2D eigenvalue weighted by Crippen LogP contribution is 2.20. The summed E-state index contributed by atoms with van der Waals surface area (Å²) in [4.78, 5) is 14.7. The molecule has 0 saturated heterocycles. The van der Waals surface area contributed by atoms with Crippen LogP contribution in [0, 0.1) is 0 Å². The second-order valence-corrected chi connectivity index (χ2v) is 6.40. The predicted molar refractivity (Wildman–Crippen MR) is 115 cm³/mol. The van der Waals surface area contributed by atoms with Gasteiger partial charge >= 0.3 is 0 Å². The molecule has 0 amide bonds. The molecule has 0 fully saturated rings. The Balaban J connectivity index is 1.68. The van der Waals surface area contributed by atoms with Gasteiger partial charge < -0.3 is 4.90 Å². The molecule has 0 saturated carbocycles. The first kappa shape index (κ1) is 18.7. The van der Waals surface area contributed by atoms with E-state index in [2.05, 4.69) is 55.1 Å². The summed E-state index contributed by atoms with van der Waals surface area (Å²) in [5.74, 6) is 0.0161. The summed E-state index contributed by atoms with van der Waals surface area (Å²) >= 11 is 0. The van der Waals surface area contributed by atoms with E-state index in [1.165, 1.54) is 5.69 Å². The third-order valence-electron chi connectivity index (χ3n) is 4.73. The maximum atomic E-state index is 12.4. The second-order valence-electron chi connectivity index (χ2n) is 6.40. The minimum absolute atomic E-state index is 0.0161. The molecule has 2 nitrogen and oxygen atoms in total. The third kappa shape index (κ3) is 4.73. The Morgan fingerprint density at radius 3 is 1.96 bits per heavy atom. The van der Waals surface area contributed by atoms with Crippen molar-refractivity contribution < 1.29 is 4.79 Å². The van der Waals surface area contributed by atoms with Crippen LogP contribution in [-0.4, -0.2) is 18.9 Å². The number of rotatable bonds is 7. The minimum Gasteiger partial charge on any atom is -0.372 e. The van der Waals surface area contributed by atoms with Crippen LogP contribution < -0.4 is 4.90 Å². The standard InChI is InChI=1S/C25H25NO/c1-3-26(4-2)24-17-10-20(11-18-24)12-19-25(27)23-15-13-22(14-16-23)21-8-6-5-7-9-21/h5-19H,3-4H2,1-2H3/b19-12+. The van der Waals surface area contributed by atoms with Gasteiger partial charge in [0.15, 0.2) is 5.78 Å². The second kappa shape index (κ2) is 9.00. The molecule has 3 rings (SSSR count). The van der Waals surface area contributed by atoms with E-state index in [1.807, 2.05) is 48.5 Å². The number of benzene rings is 3. The van der Waals surface area contributed by atoms with Gasteiger partial charge in [-0.15, -0.1) is 0 Å². The van der Waals surface area contributed by atoms with E-state index in [1.54, 1.807) is 6.08 Å². The smallest absolute Gasteiger partial charge is 0.185 e. The van der Waals surface area contributed by atoms with Gasteiger partial charge in [0, 0.05) is 24.3 Å². The monoisotopic (exact) mass is 355 g/mol. The Kier molecular flexibility index (Phi) is 6.22. The van der Waals surface area contributed by atoms with Crippen LogP contribution in [0.1, 0.15) is 29.8 Å². The van der Waals surface area contributed by atoms with Crippen LogP contribution in [0.3, 0.4) is 0 Å². The van der Waals surface area contributed by atoms with Crippen molar-refractivity contribution in [3.05, 3.63) is 96.1 Å². The molecule has 0 unspecified atom stereocenters. The maximum absolute atomic E-state index is 12.4. The fraction of sp³-hybridized carbons (Fsp3) is 0.160. The molecule has 3 aromatic rings. The maximum Gasteiger partial charge on any atom is 0.185 e. The Bertz CT molecular complexity index is 889. The quantitative estimate of drug-likeness (QED) is 0.377. The van der Waals surface area contributed by atoms with Crippen molar-refractivity contribution in [2.45, 2.75) is 13.8 Å². The summed E-state index contributed by atoms with van der Waals surface area (Å²) in [6, 6.07) is 26.2. The first-order valence-corrected chi connectivity index (χ1v) is 9.44. The lowest BCUT2D eigenvalue weighted by Crippen LogP contribution is -2.21.